The zero-order valence-corrected chi connectivity index (χ0v) is 8.95. The van der Waals surface area contributed by atoms with E-state index in [1.807, 2.05) is 6.07 Å². The summed E-state index contributed by atoms with van der Waals surface area (Å²) in [5.74, 6) is -1.15. The highest BCUT2D eigenvalue weighted by atomic mass is 19.1. The third-order valence-electron chi connectivity index (χ3n) is 1.90. The Balaban J connectivity index is 3.19. The fraction of sp³-hybridized carbons (Fsp3) is 0.167. The molecule has 0 N–H and O–H groups in total. The van der Waals surface area contributed by atoms with Crippen LogP contribution in [0.25, 0.3) is 6.08 Å². The Kier molecular flexibility index (Phi) is 3.78. The molecule has 0 fully saturated rings. The highest BCUT2D eigenvalue weighted by molar-refractivity contribution is 5.90. The van der Waals surface area contributed by atoms with Gasteiger partial charge < -0.3 is 4.74 Å². The van der Waals surface area contributed by atoms with Crippen LogP contribution < -0.4 is 0 Å². The van der Waals surface area contributed by atoms with E-state index in [9.17, 15) is 9.18 Å². The van der Waals surface area contributed by atoms with Crippen molar-refractivity contribution in [3.63, 3.8) is 0 Å². The predicted molar refractivity (Wildman–Crippen MR) is 57.0 cm³/mol. The lowest BCUT2D eigenvalue weighted by Crippen LogP contribution is -2.02. The number of nitrogens with zero attached hydrogens (tertiary/aromatic N) is 1. The number of carbonyl (C=O) groups excluding carboxylic acids is 1. The Bertz CT molecular complexity index is 486. The van der Waals surface area contributed by atoms with Crippen molar-refractivity contribution < 1.29 is 13.9 Å². The molecule has 3 nitrogen and oxygen atoms in total. The molecule has 0 spiro atoms. The number of allylic oxidation sites excluding steroid dienone is 1. The summed E-state index contributed by atoms with van der Waals surface area (Å²) < 4.78 is 17.6. The topological polar surface area (TPSA) is 50.1 Å². The fourth-order valence-electron chi connectivity index (χ4n) is 1.21. The van der Waals surface area contributed by atoms with Crippen molar-refractivity contribution in [2.75, 3.05) is 7.11 Å². The Labute approximate surface area is 92.8 Å². The van der Waals surface area contributed by atoms with Crippen molar-refractivity contribution in [3.05, 3.63) is 40.7 Å². The van der Waals surface area contributed by atoms with E-state index in [4.69, 9.17) is 5.26 Å². The molecule has 4 heteroatoms. The van der Waals surface area contributed by atoms with E-state index >= 15 is 0 Å². The van der Waals surface area contributed by atoms with Crippen LogP contribution in [0.2, 0.25) is 0 Å². The van der Waals surface area contributed by atoms with Crippen LogP contribution in [0.1, 0.15) is 22.8 Å². The summed E-state index contributed by atoms with van der Waals surface area (Å²) >= 11 is 0. The quantitative estimate of drug-likeness (QED) is 0.567. The molecule has 1 rings (SSSR count). The first-order valence-corrected chi connectivity index (χ1v) is 4.54. The van der Waals surface area contributed by atoms with Gasteiger partial charge in [0.05, 0.1) is 18.7 Å². The maximum Gasteiger partial charge on any atom is 0.337 e. The average Bonchev–Trinajstić information content (AvgIpc) is 2.27. The first kappa shape index (κ1) is 11.9. The minimum Gasteiger partial charge on any atom is -0.465 e. The van der Waals surface area contributed by atoms with Gasteiger partial charge in [0, 0.05) is 5.57 Å². The molecule has 1 aromatic rings. The van der Waals surface area contributed by atoms with Crippen LogP contribution in [0.3, 0.4) is 0 Å². The Morgan fingerprint density at radius 2 is 2.19 bits per heavy atom. The van der Waals surface area contributed by atoms with E-state index in [1.165, 1.54) is 25.3 Å². The minimum absolute atomic E-state index is 0.125. The second kappa shape index (κ2) is 5.08. The second-order valence-electron chi connectivity index (χ2n) is 3.20. The van der Waals surface area contributed by atoms with Gasteiger partial charge in [0.2, 0.25) is 0 Å². The molecule has 0 aliphatic rings. The SMILES string of the molecule is COC(=O)c1cc(F)cc(/C=C(\C)C#N)c1. The van der Waals surface area contributed by atoms with E-state index in [-0.39, 0.29) is 5.56 Å². The van der Waals surface area contributed by atoms with Gasteiger partial charge in [0.15, 0.2) is 0 Å². The molecular formula is C12H10FNO2. The normalized spacial score (nSPS) is 10.8. The van der Waals surface area contributed by atoms with Crippen LogP contribution in [0, 0.1) is 17.1 Å². The second-order valence-corrected chi connectivity index (χ2v) is 3.20. The number of halogens is 1. The molecule has 82 valence electrons. The van der Waals surface area contributed by atoms with E-state index in [0.29, 0.717) is 11.1 Å². The number of methoxy groups -OCH3 is 1. The van der Waals surface area contributed by atoms with Gasteiger partial charge >= 0.3 is 5.97 Å². The molecule has 0 heterocycles. The first-order valence-electron chi connectivity index (χ1n) is 4.54. The standard InChI is InChI=1S/C12H10FNO2/c1-8(7-14)3-9-4-10(12(15)16-2)6-11(13)5-9/h3-6H,1-2H3/b8-3+. The lowest BCUT2D eigenvalue weighted by Gasteiger charge is -2.01. The molecule has 0 radical (unpaired) electrons. The third-order valence-corrected chi connectivity index (χ3v) is 1.90. The summed E-state index contributed by atoms with van der Waals surface area (Å²) in [6, 6.07) is 5.72. The highest BCUT2D eigenvalue weighted by Crippen LogP contribution is 2.13. The molecule has 0 atom stereocenters. The number of esters is 1. The van der Waals surface area contributed by atoms with Crippen LogP contribution in [-0.4, -0.2) is 13.1 Å². The van der Waals surface area contributed by atoms with Crippen LogP contribution in [0.4, 0.5) is 4.39 Å². The number of carbonyl (C=O) groups is 1. The van der Waals surface area contributed by atoms with E-state index < -0.39 is 11.8 Å². The Morgan fingerprint density at radius 3 is 2.75 bits per heavy atom. The molecule has 0 amide bonds. The number of rotatable bonds is 2. The number of benzene rings is 1. The summed E-state index contributed by atoms with van der Waals surface area (Å²) in [6.45, 7) is 1.60. The van der Waals surface area contributed by atoms with E-state index in [1.54, 1.807) is 6.92 Å². The maximum absolute atomic E-state index is 13.2. The monoisotopic (exact) mass is 219 g/mol. The van der Waals surface area contributed by atoms with Crippen LogP contribution in [0.15, 0.2) is 23.8 Å². The van der Waals surface area contributed by atoms with Crippen LogP contribution >= 0.6 is 0 Å². The minimum atomic E-state index is -0.608. The van der Waals surface area contributed by atoms with Crippen LogP contribution in [0.5, 0.6) is 0 Å². The maximum atomic E-state index is 13.2. The van der Waals surface area contributed by atoms with E-state index in [2.05, 4.69) is 4.74 Å². The molecule has 0 aliphatic carbocycles. The number of hydrogen-bond acceptors (Lipinski definition) is 3. The molecule has 0 bridgehead atoms. The van der Waals surface area contributed by atoms with Gasteiger partial charge in [-0.2, -0.15) is 5.26 Å². The first-order chi connectivity index (χ1) is 7.56. The summed E-state index contributed by atoms with van der Waals surface area (Å²) in [7, 11) is 1.23. The predicted octanol–water partition coefficient (Wildman–Crippen LogP) is 2.54. The van der Waals surface area contributed by atoms with Crippen molar-refractivity contribution in [2.24, 2.45) is 0 Å². The zero-order valence-electron chi connectivity index (χ0n) is 8.95. The summed E-state index contributed by atoms with van der Waals surface area (Å²) in [5, 5.41) is 8.59. The largest absolute Gasteiger partial charge is 0.465 e. The third kappa shape index (κ3) is 2.92. The molecular weight excluding hydrogens is 209 g/mol. The molecule has 0 unspecified atom stereocenters. The fourth-order valence-corrected chi connectivity index (χ4v) is 1.21. The average molecular weight is 219 g/mol. The summed E-state index contributed by atoms with van der Waals surface area (Å²) in [4.78, 5) is 11.2. The molecule has 1 aromatic carbocycles. The number of hydrogen-bond donors (Lipinski definition) is 0. The van der Waals surface area contributed by atoms with E-state index in [0.717, 1.165) is 6.07 Å². The van der Waals surface area contributed by atoms with Gasteiger partial charge in [-0.25, -0.2) is 9.18 Å². The molecule has 0 aromatic heterocycles. The Morgan fingerprint density at radius 1 is 1.50 bits per heavy atom. The summed E-state index contributed by atoms with van der Waals surface area (Å²) in [6.07, 6.45) is 1.50. The Hall–Kier alpha value is -2.15. The van der Waals surface area contributed by atoms with Crippen molar-refractivity contribution in [1.29, 1.82) is 5.26 Å². The smallest absolute Gasteiger partial charge is 0.337 e. The lowest BCUT2D eigenvalue weighted by atomic mass is 10.1. The molecule has 0 saturated heterocycles. The van der Waals surface area contributed by atoms with Gasteiger partial charge in [-0.3, -0.25) is 0 Å². The molecule has 16 heavy (non-hydrogen) atoms. The van der Waals surface area contributed by atoms with Gasteiger partial charge in [0.1, 0.15) is 5.82 Å². The van der Waals surface area contributed by atoms with Crippen molar-refractivity contribution in [3.8, 4) is 6.07 Å². The number of nitriles is 1. The van der Waals surface area contributed by atoms with Crippen molar-refractivity contribution in [2.45, 2.75) is 6.92 Å². The van der Waals surface area contributed by atoms with Crippen molar-refractivity contribution in [1.82, 2.24) is 0 Å². The van der Waals surface area contributed by atoms with Gasteiger partial charge in [-0.1, -0.05) is 0 Å². The van der Waals surface area contributed by atoms with Crippen molar-refractivity contribution >= 4 is 12.0 Å². The van der Waals surface area contributed by atoms with Gasteiger partial charge in [-0.15, -0.1) is 0 Å². The van der Waals surface area contributed by atoms with Gasteiger partial charge in [0.25, 0.3) is 0 Å². The molecule has 0 saturated carbocycles. The lowest BCUT2D eigenvalue weighted by molar-refractivity contribution is 0.0600. The zero-order chi connectivity index (χ0) is 12.1. The van der Waals surface area contributed by atoms with Crippen LogP contribution in [-0.2, 0) is 4.74 Å². The number of ether oxygens (including phenoxy) is 1. The molecule has 0 aliphatic heterocycles. The van der Waals surface area contributed by atoms with Gasteiger partial charge in [-0.05, 0) is 36.8 Å². The summed E-state index contributed by atoms with van der Waals surface area (Å²) in [5.41, 5.74) is 1.01. The highest BCUT2D eigenvalue weighted by Gasteiger charge is 2.07.